The van der Waals surface area contributed by atoms with E-state index in [1.54, 1.807) is 12.1 Å². The molecule has 0 aliphatic heterocycles. The van der Waals surface area contributed by atoms with Gasteiger partial charge in [-0.15, -0.1) is 0 Å². The molecule has 0 aromatic heterocycles. The third kappa shape index (κ3) is 3.62. The molecule has 112 valence electrons. The van der Waals surface area contributed by atoms with Gasteiger partial charge < -0.3 is 5.32 Å². The normalized spacial score (nSPS) is 28.4. The summed E-state index contributed by atoms with van der Waals surface area (Å²) in [4.78, 5) is 0. The standard InChI is InChI=1S/C17H25BrFN/c1-4-20-17(13-6-5-11(2)12(3)9-13)15-10-14(18)7-8-16(15)19/h7-8,10-13,17,20H,4-6,9H2,1-3H3. The van der Waals surface area contributed by atoms with E-state index in [-0.39, 0.29) is 11.9 Å². The van der Waals surface area contributed by atoms with Crippen LogP contribution in [0.5, 0.6) is 0 Å². The van der Waals surface area contributed by atoms with Gasteiger partial charge in [-0.3, -0.25) is 0 Å². The van der Waals surface area contributed by atoms with E-state index in [1.807, 2.05) is 6.07 Å². The fourth-order valence-corrected chi connectivity index (χ4v) is 3.77. The number of rotatable bonds is 4. The second-order valence-electron chi connectivity index (χ2n) is 6.23. The van der Waals surface area contributed by atoms with Gasteiger partial charge in [0.2, 0.25) is 0 Å². The number of halogens is 2. The van der Waals surface area contributed by atoms with Crippen LogP contribution in [0, 0.1) is 23.6 Å². The number of nitrogens with one attached hydrogen (secondary N) is 1. The number of benzene rings is 1. The first kappa shape index (κ1) is 16.0. The average molecular weight is 342 g/mol. The van der Waals surface area contributed by atoms with Gasteiger partial charge in [0.05, 0.1) is 0 Å². The number of hydrogen-bond donors (Lipinski definition) is 1. The Balaban J connectivity index is 2.24. The first-order valence-electron chi connectivity index (χ1n) is 7.71. The molecular weight excluding hydrogens is 317 g/mol. The minimum atomic E-state index is -0.0922. The van der Waals surface area contributed by atoms with Crippen molar-refractivity contribution in [2.24, 2.45) is 17.8 Å². The topological polar surface area (TPSA) is 12.0 Å². The Morgan fingerprint density at radius 1 is 1.30 bits per heavy atom. The van der Waals surface area contributed by atoms with Crippen molar-refractivity contribution in [2.75, 3.05) is 6.54 Å². The van der Waals surface area contributed by atoms with Crippen molar-refractivity contribution in [2.45, 2.75) is 46.1 Å². The molecule has 4 atom stereocenters. The Labute approximate surface area is 130 Å². The average Bonchev–Trinajstić information content (AvgIpc) is 2.42. The molecule has 0 saturated heterocycles. The van der Waals surface area contributed by atoms with Gasteiger partial charge >= 0.3 is 0 Å². The molecule has 0 heterocycles. The van der Waals surface area contributed by atoms with Gasteiger partial charge in [-0.25, -0.2) is 4.39 Å². The first-order valence-corrected chi connectivity index (χ1v) is 8.50. The zero-order chi connectivity index (χ0) is 14.7. The Hall–Kier alpha value is -0.410. The van der Waals surface area contributed by atoms with Crippen molar-refractivity contribution < 1.29 is 4.39 Å². The third-order valence-electron chi connectivity index (χ3n) is 4.83. The smallest absolute Gasteiger partial charge is 0.128 e. The fraction of sp³-hybridized carbons (Fsp3) is 0.647. The molecule has 20 heavy (non-hydrogen) atoms. The van der Waals surface area contributed by atoms with E-state index in [2.05, 4.69) is 42.0 Å². The van der Waals surface area contributed by atoms with E-state index < -0.39 is 0 Å². The van der Waals surface area contributed by atoms with E-state index in [4.69, 9.17) is 0 Å². The van der Waals surface area contributed by atoms with Crippen LogP contribution in [0.2, 0.25) is 0 Å². The predicted molar refractivity (Wildman–Crippen MR) is 86.2 cm³/mol. The molecule has 2 rings (SSSR count). The molecule has 3 heteroatoms. The molecule has 1 aromatic rings. The lowest BCUT2D eigenvalue weighted by atomic mass is 9.72. The molecule has 1 fully saturated rings. The van der Waals surface area contributed by atoms with Crippen LogP contribution in [-0.2, 0) is 0 Å². The minimum Gasteiger partial charge on any atom is -0.310 e. The van der Waals surface area contributed by atoms with Crippen LogP contribution < -0.4 is 5.32 Å². The van der Waals surface area contributed by atoms with Crippen LogP contribution in [0.3, 0.4) is 0 Å². The summed E-state index contributed by atoms with van der Waals surface area (Å²) in [5, 5.41) is 3.51. The minimum absolute atomic E-state index is 0.0922. The molecular formula is C17H25BrFN. The highest BCUT2D eigenvalue weighted by Gasteiger charge is 2.31. The SMILES string of the molecule is CCNC(c1cc(Br)ccc1F)C1CCC(C)C(C)C1. The van der Waals surface area contributed by atoms with Crippen LogP contribution >= 0.6 is 15.9 Å². The second-order valence-corrected chi connectivity index (χ2v) is 7.14. The van der Waals surface area contributed by atoms with E-state index in [0.717, 1.165) is 28.4 Å². The highest BCUT2D eigenvalue weighted by molar-refractivity contribution is 9.10. The molecule has 0 amide bonds. The van der Waals surface area contributed by atoms with Crippen molar-refractivity contribution in [3.63, 3.8) is 0 Å². The van der Waals surface area contributed by atoms with Crippen molar-refractivity contribution in [3.05, 3.63) is 34.1 Å². The van der Waals surface area contributed by atoms with Gasteiger partial charge in [0, 0.05) is 16.1 Å². The zero-order valence-electron chi connectivity index (χ0n) is 12.6. The molecule has 0 spiro atoms. The third-order valence-corrected chi connectivity index (χ3v) is 5.32. The summed E-state index contributed by atoms with van der Waals surface area (Å²) in [7, 11) is 0. The van der Waals surface area contributed by atoms with Gasteiger partial charge in [-0.05, 0) is 55.3 Å². The molecule has 1 aromatic carbocycles. The Bertz CT molecular complexity index is 449. The summed E-state index contributed by atoms with van der Waals surface area (Å²) < 4.78 is 15.2. The van der Waals surface area contributed by atoms with Gasteiger partial charge in [0.25, 0.3) is 0 Å². The maximum absolute atomic E-state index is 14.2. The van der Waals surface area contributed by atoms with E-state index in [0.29, 0.717) is 5.92 Å². The zero-order valence-corrected chi connectivity index (χ0v) is 14.2. The summed E-state index contributed by atoms with van der Waals surface area (Å²) in [5.74, 6) is 1.96. The van der Waals surface area contributed by atoms with Gasteiger partial charge in [-0.2, -0.15) is 0 Å². The molecule has 1 saturated carbocycles. The molecule has 1 N–H and O–H groups in total. The lowest BCUT2D eigenvalue weighted by Gasteiger charge is -2.37. The van der Waals surface area contributed by atoms with Crippen LogP contribution in [0.1, 0.15) is 51.6 Å². The van der Waals surface area contributed by atoms with Gasteiger partial charge in [0.1, 0.15) is 5.82 Å². The quantitative estimate of drug-likeness (QED) is 0.782. The summed E-state index contributed by atoms with van der Waals surface area (Å²) in [6.45, 7) is 7.63. The fourth-order valence-electron chi connectivity index (χ4n) is 3.40. The summed E-state index contributed by atoms with van der Waals surface area (Å²) >= 11 is 3.47. The molecule has 4 unspecified atom stereocenters. The van der Waals surface area contributed by atoms with Crippen LogP contribution in [0.4, 0.5) is 4.39 Å². The van der Waals surface area contributed by atoms with Crippen LogP contribution in [-0.4, -0.2) is 6.54 Å². The lowest BCUT2D eigenvalue weighted by Crippen LogP contribution is -2.33. The second kappa shape index (κ2) is 7.04. The van der Waals surface area contributed by atoms with Crippen molar-refractivity contribution in [3.8, 4) is 0 Å². The lowest BCUT2D eigenvalue weighted by molar-refractivity contribution is 0.170. The Morgan fingerprint density at radius 2 is 2.05 bits per heavy atom. The summed E-state index contributed by atoms with van der Waals surface area (Å²) in [5.41, 5.74) is 0.813. The monoisotopic (exact) mass is 341 g/mol. The number of hydrogen-bond acceptors (Lipinski definition) is 1. The van der Waals surface area contributed by atoms with Crippen molar-refractivity contribution in [1.29, 1.82) is 0 Å². The van der Waals surface area contributed by atoms with Gasteiger partial charge in [-0.1, -0.05) is 43.1 Å². The van der Waals surface area contributed by atoms with Crippen molar-refractivity contribution >= 4 is 15.9 Å². The predicted octanol–water partition coefficient (Wildman–Crippen LogP) is 5.31. The van der Waals surface area contributed by atoms with E-state index in [1.165, 1.54) is 19.3 Å². The summed E-state index contributed by atoms with van der Waals surface area (Å²) in [6.07, 6.45) is 3.63. The summed E-state index contributed by atoms with van der Waals surface area (Å²) in [6, 6.07) is 5.41. The molecule has 1 aliphatic carbocycles. The van der Waals surface area contributed by atoms with Crippen molar-refractivity contribution in [1.82, 2.24) is 5.32 Å². The first-order chi connectivity index (χ1) is 9.52. The maximum Gasteiger partial charge on any atom is 0.128 e. The largest absolute Gasteiger partial charge is 0.310 e. The Kier molecular flexibility index (Phi) is 5.62. The molecule has 0 bridgehead atoms. The van der Waals surface area contributed by atoms with E-state index in [9.17, 15) is 4.39 Å². The molecule has 1 nitrogen and oxygen atoms in total. The molecule has 1 aliphatic rings. The highest BCUT2D eigenvalue weighted by atomic mass is 79.9. The van der Waals surface area contributed by atoms with E-state index >= 15 is 0 Å². The molecule has 0 radical (unpaired) electrons. The van der Waals surface area contributed by atoms with Crippen LogP contribution in [0.25, 0.3) is 0 Å². The maximum atomic E-state index is 14.2. The highest BCUT2D eigenvalue weighted by Crippen LogP contribution is 2.40. The van der Waals surface area contributed by atoms with Gasteiger partial charge in [0.15, 0.2) is 0 Å². The van der Waals surface area contributed by atoms with Crippen LogP contribution in [0.15, 0.2) is 22.7 Å². The Morgan fingerprint density at radius 3 is 2.70 bits per heavy atom.